The minimum atomic E-state index is 0.345. The van der Waals surface area contributed by atoms with Crippen molar-refractivity contribution in [2.24, 2.45) is 19.5 Å². The van der Waals surface area contributed by atoms with Crippen LogP contribution in [0.1, 0.15) is 26.2 Å². The molecular formula is C24H27N7. The number of hydrogen-bond donors (Lipinski definition) is 1. The van der Waals surface area contributed by atoms with Crippen LogP contribution in [0.3, 0.4) is 0 Å². The summed E-state index contributed by atoms with van der Waals surface area (Å²) in [6, 6.07) is 8.29. The predicted molar refractivity (Wildman–Crippen MR) is 122 cm³/mol. The maximum atomic E-state index is 4.95. The Hall–Kier alpha value is -3.48. The number of nitrogens with zero attached hydrogens (tertiary/aromatic N) is 6. The monoisotopic (exact) mass is 413 g/mol. The van der Waals surface area contributed by atoms with E-state index in [2.05, 4.69) is 40.6 Å². The summed E-state index contributed by atoms with van der Waals surface area (Å²) in [6.45, 7) is 3.25. The third-order valence-corrected chi connectivity index (χ3v) is 6.21. The average molecular weight is 414 g/mol. The van der Waals surface area contributed by atoms with Gasteiger partial charge in [0.1, 0.15) is 5.82 Å². The van der Waals surface area contributed by atoms with Gasteiger partial charge in [0, 0.05) is 61.5 Å². The van der Waals surface area contributed by atoms with E-state index in [9.17, 15) is 0 Å². The summed E-state index contributed by atoms with van der Waals surface area (Å²) in [6.07, 6.45) is 13.5. The van der Waals surface area contributed by atoms with Crippen LogP contribution in [0.5, 0.6) is 0 Å². The molecule has 31 heavy (non-hydrogen) atoms. The number of nitrogens with one attached hydrogen (secondary N) is 1. The van der Waals surface area contributed by atoms with E-state index in [1.165, 1.54) is 19.3 Å². The molecule has 1 aliphatic carbocycles. The Morgan fingerprint density at radius 3 is 2.29 bits per heavy atom. The van der Waals surface area contributed by atoms with E-state index < -0.39 is 0 Å². The van der Waals surface area contributed by atoms with Gasteiger partial charge in [-0.05, 0) is 29.9 Å². The van der Waals surface area contributed by atoms with Crippen LogP contribution >= 0.6 is 0 Å². The van der Waals surface area contributed by atoms with Gasteiger partial charge in [-0.1, -0.05) is 31.5 Å². The zero-order valence-electron chi connectivity index (χ0n) is 18.2. The normalized spacial score (nSPS) is 14.9. The largest absolute Gasteiger partial charge is 0.369 e. The molecule has 7 nitrogen and oxygen atoms in total. The molecule has 1 aliphatic rings. The molecule has 0 radical (unpaired) electrons. The van der Waals surface area contributed by atoms with E-state index in [1.807, 2.05) is 55.8 Å². The van der Waals surface area contributed by atoms with Crippen molar-refractivity contribution in [2.45, 2.75) is 26.2 Å². The molecule has 0 saturated heterocycles. The van der Waals surface area contributed by atoms with Gasteiger partial charge in [0.25, 0.3) is 0 Å². The van der Waals surface area contributed by atoms with Crippen LogP contribution in [0.2, 0.25) is 0 Å². The van der Waals surface area contributed by atoms with Crippen LogP contribution in [0.4, 0.5) is 5.82 Å². The lowest BCUT2D eigenvalue weighted by Crippen LogP contribution is -2.33. The molecule has 158 valence electrons. The first-order valence-electron chi connectivity index (χ1n) is 10.7. The van der Waals surface area contributed by atoms with Crippen molar-refractivity contribution in [3.05, 3.63) is 55.2 Å². The molecule has 3 heterocycles. The van der Waals surface area contributed by atoms with Gasteiger partial charge in [0.15, 0.2) is 5.82 Å². The first-order valence-corrected chi connectivity index (χ1v) is 10.7. The standard InChI is InChI=1S/C24H27N7/c1-24(8-5-9-24)16-26-23-21(20-12-28-31(3)15-20)13-25-22(29-23)18-7-4-6-17(10-18)19-11-27-30(2)14-19/h4,6-7,10-15H,5,8-9,16H2,1-3H3,(H,25,26,29). The van der Waals surface area contributed by atoms with Crippen molar-refractivity contribution in [3.63, 3.8) is 0 Å². The van der Waals surface area contributed by atoms with Gasteiger partial charge >= 0.3 is 0 Å². The van der Waals surface area contributed by atoms with Crippen LogP contribution in [0.15, 0.2) is 55.2 Å². The van der Waals surface area contributed by atoms with E-state index in [0.717, 1.165) is 40.2 Å². The minimum absolute atomic E-state index is 0.345. The number of aromatic nitrogens is 6. The van der Waals surface area contributed by atoms with Crippen LogP contribution in [0.25, 0.3) is 33.6 Å². The second-order valence-electron chi connectivity index (χ2n) is 8.86. The van der Waals surface area contributed by atoms with Crippen molar-refractivity contribution >= 4 is 5.82 Å². The maximum absolute atomic E-state index is 4.95. The molecule has 0 atom stereocenters. The van der Waals surface area contributed by atoms with Crippen LogP contribution in [-0.2, 0) is 14.1 Å². The lowest BCUT2D eigenvalue weighted by molar-refractivity contribution is 0.180. The zero-order chi connectivity index (χ0) is 21.4. The van der Waals surface area contributed by atoms with Crippen LogP contribution in [-0.4, -0.2) is 36.1 Å². The summed E-state index contributed by atoms with van der Waals surface area (Å²) in [5.74, 6) is 1.57. The van der Waals surface area contributed by atoms with E-state index >= 15 is 0 Å². The molecule has 1 saturated carbocycles. The highest BCUT2D eigenvalue weighted by Gasteiger charge is 2.31. The first-order chi connectivity index (χ1) is 15.0. The van der Waals surface area contributed by atoms with Gasteiger partial charge in [-0.3, -0.25) is 9.36 Å². The van der Waals surface area contributed by atoms with Crippen molar-refractivity contribution in [2.75, 3.05) is 11.9 Å². The Morgan fingerprint density at radius 1 is 0.935 bits per heavy atom. The molecule has 0 bridgehead atoms. The molecule has 0 aliphatic heterocycles. The Balaban J connectivity index is 1.51. The fourth-order valence-electron chi connectivity index (χ4n) is 4.09. The predicted octanol–water partition coefficient (Wildman–Crippen LogP) is 4.55. The van der Waals surface area contributed by atoms with Crippen molar-refractivity contribution in [3.8, 4) is 33.6 Å². The number of aryl methyl sites for hydroxylation is 2. The van der Waals surface area contributed by atoms with Crippen molar-refractivity contribution in [1.29, 1.82) is 0 Å². The quantitative estimate of drug-likeness (QED) is 0.502. The van der Waals surface area contributed by atoms with Gasteiger partial charge in [-0.15, -0.1) is 0 Å². The Bertz CT molecular complexity index is 1220. The minimum Gasteiger partial charge on any atom is -0.369 e. The Morgan fingerprint density at radius 2 is 1.65 bits per heavy atom. The molecule has 3 aromatic heterocycles. The lowest BCUT2D eigenvalue weighted by atomic mass is 9.70. The molecule has 1 N–H and O–H groups in total. The molecule has 0 amide bonds. The first kappa shape index (κ1) is 19.5. The SMILES string of the molecule is Cn1cc(-c2cccc(-c3ncc(-c4cnn(C)c4)c(NCC4(C)CCC4)n3)c2)cn1. The summed E-state index contributed by atoms with van der Waals surface area (Å²) in [5, 5.41) is 12.2. The van der Waals surface area contributed by atoms with Crippen LogP contribution < -0.4 is 5.32 Å². The Labute approximate surface area is 182 Å². The summed E-state index contributed by atoms with van der Waals surface area (Å²) < 4.78 is 3.61. The summed E-state index contributed by atoms with van der Waals surface area (Å²) in [4.78, 5) is 9.65. The fraction of sp³-hybridized carbons (Fsp3) is 0.333. The number of hydrogen-bond acceptors (Lipinski definition) is 5. The molecular weight excluding hydrogens is 386 g/mol. The van der Waals surface area contributed by atoms with E-state index in [-0.39, 0.29) is 0 Å². The van der Waals surface area contributed by atoms with Crippen molar-refractivity contribution in [1.82, 2.24) is 29.5 Å². The fourth-order valence-corrected chi connectivity index (χ4v) is 4.09. The van der Waals surface area contributed by atoms with E-state index in [4.69, 9.17) is 9.97 Å². The van der Waals surface area contributed by atoms with E-state index in [1.54, 1.807) is 4.68 Å². The van der Waals surface area contributed by atoms with Crippen molar-refractivity contribution < 1.29 is 0 Å². The molecule has 0 unspecified atom stereocenters. The Kier molecular flexibility index (Phi) is 4.81. The third kappa shape index (κ3) is 3.95. The molecule has 1 fully saturated rings. The highest BCUT2D eigenvalue weighted by atomic mass is 15.2. The summed E-state index contributed by atoms with van der Waals surface area (Å²) in [5.41, 5.74) is 5.49. The smallest absolute Gasteiger partial charge is 0.161 e. The van der Waals surface area contributed by atoms with Gasteiger partial charge in [-0.2, -0.15) is 10.2 Å². The number of benzene rings is 1. The number of rotatable bonds is 6. The van der Waals surface area contributed by atoms with E-state index in [0.29, 0.717) is 11.2 Å². The molecule has 7 heteroatoms. The average Bonchev–Trinajstić information content (AvgIpc) is 3.39. The maximum Gasteiger partial charge on any atom is 0.161 e. The lowest BCUT2D eigenvalue weighted by Gasteiger charge is -2.38. The van der Waals surface area contributed by atoms with Gasteiger partial charge in [-0.25, -0.2) is 9.97 Å². The third-order valence-electron chi connectivity index (χ3n) is 6.21. The summed E-state index contributed by atoms with van der Waals surface area (Å²) in [7, 11) is 3.85. The highest BCUT2D eigenvalue weighted by Crippen LogP contribution is 2.40. The van der Waals surface area contributed by atoms with Gasteiger partial charge in [0.05, 0.1) is 12.4 Å². The highest BCUT2D eigenvalue weighted by molar-refractivity contribution is 5.76. The second-order valence-corrected chi connectivity index (χ2v) is 8.86. The molecule has 5 rings (SSSR count). The van der Waals surface area contributed by atoms with Gasteiger partial charge in [0.2, 0.25) is 0 Å². The number of anilines is 1. The molecule has 1 aromatic carbocycles. The topological polar surface area (TPSA) is 73.5 Å². The van der Waals surface area contributed by atoms with Gasteiger partial charge < -0.3 is 5.32 Å². The second kappa shape index (κ2) is 7.65. The summed E-state index contributed by atoms with van der Waals surface area (Å²) >= 11 is 0. The zero-order valence-corrected chi connectivity index (χ0v) is 18.2. The molecule has 4 aromatic rings. The molecule has 0 spiro atoms. The van der Waals surface area contributed by atoms with Crippen LogP contribution in [0, 0.1) is 5.41 Å².